The minimum Gasteiger partial charge on any atom is -0.392 e. The van der Waals surface area contributed by atoms with Gasteiger partial charge in [0.25, 0.3) is 0 Å². The van der Waals surface area contributed by atoms with E-state index in [2.05, 4.69) is 23.6 Å². The molecule has 1 aliphatic carbocycles. The summed E-state index contributed by atoms with van der Waals surface area (Å²) >= 11 is 0. The molecule has 5 rings (SSSR count). The van der Waals surface area contributed by atoms with Crippen LogP contribution in [-0.2, 0) is 0 Å². The van der Waals surface area contributed by atoms with Crippen molar-refractivity contribution in [2.45, 2.75) is 57.7 Å². The fourth-order valence-electron chi connectivity index (χ4n) is 5.68. The van der Waals surface area contributed by atoms with Crippen LogP contribution in [0.3, 0.4) is 0 Å². The molecule has 0 aromatic heterocycles. The normalized spacial score (nSPS) is 57.2. The van der Waals surface area contributed by atoms with E-state index in [9.17, 15) is 5.11 Å². The summed E-state index contributed by atoms with van der Waals surface area (Å²) in [5.41, 5.74) is 0.583. The van der Waals surface area contributed by atoms with Crippen LogP contribution in [0.2, 0.25) is 0 Å². The molecule has 5 fully saturated rings. The van der Waals surface area contributed by atoms with Crippen LogP contribution in [-0.4, -0.2) is 52.9 Å². The molecular formula is C15H26N2O. The van der Waals surface area contributed by atoms with E-state index >= 15 is 0 Å². The fourth-order valence-corrected chi connectivity index (χ4v) is 5.68. The maximum atomic E-state index is 10.7. The molecule has 1 N–H and O–H groups in total. The molecule has 4 bridgehead atoms. The van der Waals surface area contributed by atoms with Crippen molar-refractivity contribution in [1.29, 1.82) is 0 Å². The molecule has 4 heterocycles. The Hall–Kier alpha value is -0.120. The van der Waals surface area contributed by atoms with E-state index < -0.39 is 0 Å². The average molecular weight is 250 g/mol. The van der Waals surface area contributed by atoms with Crippen molar-refractivity contribution in [3.63, 3.8) is 0 Å². The molecule has 0 aromatic carbocycles. The molecule has 4 saturated heterocycles. The van der Waals surface area contributed by atoms with Crippen LogP contribution in [0.25, 0.3) is 0 Å². The van der Waals surface area contributed by atoms with Gasteiger partial charge >= 0.3 is 0 Å². The number of hydrogen-bond acceptors (Lipinski definition) is 3. The van der Waals surface area contributed by atoms with Gasteiger partial charge in [0.05, 0.1) is 11.8 Å². The zero-order valence-corrected chi connectivity index (χ0v) is 11.8. The van der Waals surface area contributed by atoms with Crippen LogP contribution < -0.4 is 0 Å². The second kappa shape index (κ2) is 3.31. The molecule has 0 radical (unpaired) electrons. The van der Waals surface area contributed by atoms with E-state index in [0.717, 1.165) is 26.2 Å². The Morgan fingerprint density at radius 2 is 1.28 bits per heavy atom. The third-order valence-corrected chi connectivity index (χ3v) is 6.36. The lowest BCUT2D eigenvalue weighted by Crippen LogP contribution is -2.84. The number of piperidine rings is 2. The Kier molecular flexibility index (Phi) is 2.15. The molecule has 3 heteroatoms. The van der Waals surface area contributed by atoms with Gasteiger partial charge < -0.3 is 5.11 Å². The maximum absolute atomic E-state index is 10.7. The highest BCUT2D eigenvalue weighted by Crippen LogP contribution is 2.56. The maximum Gasteiger partial charge on any atom is 0.0738 e. The number of aliphatic hydroxyl groups excluding tert-OH is 1. The van der Waals surface area contributed by atoms with Crippen LogP contribution in [0.1, 0.15) is 46.0 Å². The molecule has 5 aliphatic rings. The van der Waals surface area contributed by atoms with Gasteiger partial charge in [0.1, 0.15) is 0 Å². The van der Waals surface area contributed by atoms with Crippen LogP contribution in [0.15, 0.2) is 0 Å². The summed E-state index contributed by atoms with van der Waals surface area (Å²) in [5.74, 6) is 0. The highest BCUT2D eigenvalue weighted by Gasteiger charge is 2.66. The second-order valence-corrected chi connectivity index (χ2v) is 7.97. The first-order valence-electron chi connectivity index (χ1n) is 7.67. The Morgan fingerprint density at radius 3 is 1.72 bits per heavy atom. The Bertz CT molecular complexity index is 335. The smallest absolute Gasteiger partial charge is 0.0738 e. The van der Waals surface area contributed by atoms with Crippen molar-refractivity contribution in [3.8, 4) is 0 Å². The van der Waals surface area contributed by atoms with Crippen LogP contribution >= 0.6 is 0 Å². The van der Waals surface area contributed by atoms with Crippen molar-refractivity contribution in [2.24, 2.45) is 10.8 Å². The zero-order chi connectivity index (χ0) is 12.6. The Morgan fingerprint density at radius 1 is 0.833 bits per heavy atom. The number of rotatable bonds is 0. The third-order valence-electron chi connectivity index (χ3n) is 6.36. The predicted molar refractivity (Wildman–Crippen MR) is 71.2 cm³/mol. The number of hydrogen-bond donors (Lipinski definition) is 1. The molecule has 102 valence electrons. The lowest BCUT2D eigenvalue weighted by atomic mass is 9.58. The minimum absolute atomic E-state index is 0.105. The van der Waals surface area contributed by atoms with Crippen LogP contribution in [0.5, 0.6) is 0 Å². The summed E-state index contributed by atoms with van der Waals surface area (Å²) in [6, 6.07) is 0. The first-order valence-corrected chi connectivity index (χ1v) is 7.67. The lowest BCUT2D eigenvalue weighted by molar-refractivity contribution is -0.294. The van der Waals surface area contributed by atoms with Gasteiger partial charge in [0.2, 0.25) is 0 Å². The number of aliphatic hydroxyl groups is 1. The van der Waals surface area contributed by atoms with E-state index in [4.69, 9.17) is 0 Å². The quantitative estimate of drug-likeness (QED) is 0.708. The molecule has 4 aliphatic heterocycles. The van der Waals surface area contributed by atoms with E-state index in [0.29, 0.717) is 5.66 Å². The van der Waals surface area contributed by atoms with Gasteiger partial charge in [-0.15, -0.1) is 0 Å². The van der Waals surface area contributed by atoms with Crippen molar-refractivity contribution in [2.75, 3.05) is 26.2 Å². The standard InChI is InChI=1S/C15H26N2O/c1-13-8-16-10-14(2,12(13)18)11-17(9-13)15(16)6-4-3-5-7-15/h12,18H,3-11H2,1-2H3. The molecule has 0 aromatic rings. The molecule has 1 saturated carbocycles. The van der Waals surface area contributed by atoms with Gasteiger partial charge in [-0.3, -0.25) is 9.80 Å². The van der Waals surface area contributed by atoms with Gasteiger partial charge in [-0.05, 0) is 12.8 Å². The van der Waals surface area contributed by atoms with Gasteiger partial charge in [-0.1, -0.05) is 33.1 Å². The lowest BCUT2D eigenvalue weighted by Gasteiger charge is -2.73. The molecule has 18 heavy (non-hydrogen) atoms. The van der Waals surface area contributed by atoms with E-state index in [1.807, 2.05) is 0 Å². The first kappa shape index (κ1) is 11.7. The summed E-state index contributed by atoms with van der Waals surface area (Å²) in [6.07, 6.45) is 6.80. The molecule has 0 unspecified atom stereocenters. The first-order chi connectivity index (χ1) is 8.49. The predicted octanol–water partition coefficient (Wildman–Crippen LogP) is 1.67. The summed E-state index contributed by atoms with van der Waals surface area (Å²) in [5, 5.41) is 10.7. The van der Waals surface area contributed by atoms with Gasteiger partial charge in [0, 0.05) is 37.0 Å². The van der Waals surface area contributed by atoms with E-state index in [1.165, 1.54) is 32.1 Å². The van der Waals surface area contributed by atoms with Crippen LogP contribution in [0.4, 0.5) is 0 Å². The second-order valence-electron chi connectivity index (χ2n) is 7.97. The highest BCUT2D eigenvalue weighted by molar-refractivity contribution is 5.17. The summed E-state index contributed by atoms with van der Waals surface area (Å²) in [7, 11) is 0. The molecule has 1 spiro atoms. The Labute approximate surface area is 110 Å². The van der Waals surface area contributed by atoms with Crippen molar-refractivity contribution >= 4 is 0 Å². The van der Waals surface area contributed by atoms with Crippen molar-refractivity contribution in [1.82, 2.24) is 9.80 Å². The van der Waals surface area contributed by atoms with E-state index in [1.54, 1.807) is 0 Å². The van der Waals surface area contributed by atoms with Gasteiger partial charge in [0.15, 0.2) is 0 Å². The average Bonchev–Trinajstić information content (AvgIpc) is 2.32. The monoisotopic (exact) mass is 250 g/mol. The third kappa shape index (κ3) is 1.21. The van der Waals surface area contributed by atoms with Crippen molar-refractivity contribution in [3.05, 3.63) is 0 Å². The SMILES string of the molecule is CC12CN3CC(C)(CN(C1)C31CCCCC1)C2O. The summed E-state index contributed by atoms with van der Waals surface area (Å²) < 4.78 is 0. The zero-order valence-electron chi connectivity index (χ0n) is 11.8. The molecule has 3 nitrogen and oxygen atoms in total. The Balaban J connectivity index is 1.74. The van der Waals surface area contributed by atoms with Crippen molar-refractivity contribution < 1.29 is 5.11 Å². The number of nitrogens with zero attached hydrogens (tertiary/aromatic N) is 2. The van der Waals surface area contributed by atoms with Gasteiger partial charge in [-0.2, -0.15) is 0 Å². The molecule has 0 amide bonds. The molecule has 0 atom stereocenters. The topological polar surface area (TPSA) is 26.7 Å². The summed E-state index contributed by atoms with van der Waals surface area (Å²) in [6.45, 7) is 9.04. The summed E-state index contributed by atoms with van der Waals surface area (Å²) in [4.78, 5) is 5.48. The molecular weight excluding hydrogens is 224 g/mol. The fraction of sp³-hybridized carbons (Fsp3) is 1.00. The van der Waals surface area contributed by atoms with Gasteiger partial charge in [-0.25, -0.2) is 0 Å². The van der Waals surface area contributed by atoms with Crippen LogP contribution in [0, 0.1) is 10.8 Å². The minimum atomic E-state index is -0.113. The highest BCUT2D eigenvalue weighted by atomic mass is 16.3. The largest absolute Gasteiger partial charge is 0.392 e. The van der Waals surface area contributed by atoms with E-state index in [-0.39, 0.29) is 16.9 Å².